The van der Waals surface area contributed by atoms with Gasteiger partial charge in [-0.05, 0) is 51.6 Å². The predicted octanol–water partition coefficient (Wildman–Crippen LogP) is 12.8. The summed E-state index contributed by atoms with van der Waals surface area (Å²) < 4.78 is 21.6. The van der Waals surface area contributed by atoms with E-state index in [1.54, 1.807) is 0 Å². The Hall–Kier alpha value is -7.32. The van der Waals surface area contributed by atoms with Crippen molar-refractivity contribution in [1.82, 2.24) is 4.98 Å². The number of hydrogen-bond acceptors (Lipinski definition) is 3. The molecule has 0 saturated carbocycles. The van der Waals surface area contributed by atoms with Gasteiger partial charge in [0.15, 0.2) is 7.14 Å². The topological polar surface area (TPSA) is 39.2 Å². The van der Waals surface area contributed by atoms with Crippen LogP contribution in [-0.2, 0) is 9.98 Å². The van der Waals surface area contributed by atoms with Gasteiger partial charge in [-0.15, -0.1) is 0 Å². The molecule has 0 N–H and O–H groups in total. The molecule has 0 atom stereocenters. The lowest BCUT2D eigenvalue weighted by Crippen LogP contribution is -2.32. The minimum Gasteiger partial charge on any atom is -0.457 e. The van der Waals surface area contributed by atoms with Crippen molar-refractivity contribution >= 4 is 44.7 Å². The predicted molar refractivity (Wildman–Crippen MR) is 247 cm³/mol. The van der Waals surface area contributed by atoms with E-state index < -0.39 is 12.6 Å². The zero-order valence-electron chi connectivity index (χ0n) is 32.5. The molecule has 0 radical (unpaired) electrons. The molecule has 1 aliphatic carbocycles. The van der Waals surface area contributed by atoms with E-state index in [4.69, 9.17) is 9.72 Å². The Labute approximate surface area is 348 Å². The average molecular weight is 786 g/mol. The average Bonchev–Trinajstić information content (AvgIpc) is 3.62. The molecule has 4 heteroatoms. The molecule has 1 aromatic heterocycles. The normalized spacial score (nSPS) is 13.3. The van der Waals surface area contributed by atoms with Gasteiger partial charge >= 0.3 is 0 Å². The third-order valence-corrected chi connectivity index (χ3v) is 15.7. The molecule has 2 aliphatic rings. The Morgan fingerprint density at radius 2 is 0.900 bits per heavy atom. The number of rotatable bonds is 5. The molecule has 60 heavy (non-hydrogen) atoms. The Kier molecular flexibility index (Phi) is 7.73. The first-order chi connectivity index (χ1) is 29.6. The van der Waals surface area contributed by atoms with Gasteiger partial charge in [-0.1, -0.05) is 200 Å². The minimum absolute atomic E-state index is 0.552. The first-order valence-corrected chi connectivity index (χ1v) is 22.1. The molecule has 10 aromatic rings. The molecule has 1 aliphatic heterocycles. The second kappa shape index (κ2) is 13.4. The molecule has 1 spiro atoms. The zero-order valence-corrected chi connectivity index (χ0v) is 33.4. The van der Waals surface area contributed by atoms with Crippen molar-refractivity contribution in [3.05, 3.63) is 241 Å². The van der Waals surface area contributed by atoms with E-state index in [0.717, 1.165) is 77.2 Å². The maximum absolute atomic E-state index is 15.0. The number of fused-ring (bicyclic) bond motifs is 13. The van der Waals surface area contributed by atoms with Gasteiger partial charge in [0.1, 0.15) is 11.5 Å². The fourth-order valence-corrected chi connectivity index (χ4v) is 12.7. The standard InChI is InChI=1S/C56H36NO2P/c58-60(40-15-3-1-4-16-40,41-17-5-2-6-18-41)42-33-31-38(32-34-42)37-27-29-39(30-28-37)55-45-35-36-49-54(53(45)44-20-8-12-24-50(44)57-55)43-19-7-9-21-46(43)56(49)47-22-10-13-25-51(47)59-52-26-14-11-23-48(52)56/h1-36H. The summed E-state index contributed by atoms with van der Waals surface area (Å²) in [5.74, 6) is 1.77. The van der Waals surface area contributed by atoms with Crippen LogP contribution in [0.25, 0.3) is 55.2 Å². The van der Waals surface area contributed by atoms with Gasteiger partial charge < -0.3 is 9.30 Å². The highest BCUT2D eigenvalue weighted by molar-refractivity contribution is 7.85. The molecule has 0 bridgehead atoms. The zero-order chi connectivity index (χ0) is 39.8. The van der Waals surface area contributed by atoms with Crippen LogP contribution in [-0.4, -0.2) is 4.98 Å². The summed E-state index contributed by atoms with van der Waals surface area (Å²) in [5, 5.41) is 5.93. The smallest absolute Gasteiger partial charge is 0.171 e. The Bertz CT molecular complexity index is 3270. The highest BCUT2D eigenvalue weighted by Gasteiger charge is 2.51. The van der Waals surface area contributed by atoms with Crippen LogP contribution in [0.3, 0.4) is 0 Å². The molecule has 0 amide bonds. The molecule has 9 aromatic carbocycles. The molecule has 2 heterocycles. The van der Waals surface area contributed by atoms with Gasteiger partial charge in [-0.25, -0.2) is 4.98 Å². The number of nitrogens with zero attached hydrogens (tertiary/aromatic N) is 1. The maximum Gasteiger partial charge on any atom is 0.171 e. The number of ether oxygens (including phenoxy) is 1. The highest BCUT2D eigenvalue weighted by Crippen LogP contribution is 2.63. The molecule has 282 valence electrons. The molecule has 3 nitrogen and oxygen atoms in total. The maximum atomic E-state index is 15.0. The molecule has 0 saturated heterocycles. The second-order valence-corrected chi connectivity index (χ2v) is 18.5. The van der Waals surface area contributed by atoms with Crippen LogP contribution >= 0.6 is 7.14 Å². The van der Waals surface area contributed by atoms with Crippen molar-refractivity contribution in [3.8, 4) is 45.0 Å². The number of pyridine rings is 1. The van der Waals surface area contributed by atoms with E-state index >= 15 is 0 Å². The summed E-state index contributed by atoms with van der Waals surface area (Å²) in [5.41, 5.74) is 11.8. The summed E-state index contributed by atoms with van der Waals surface area (Å²) in [6.45, 7) is 0. The van der Waals surface area contributed by atoms with E-state index in [1.807, 2.05) is 72.8 Å². The third kappa shape index (κ3) is 4.91. The van der Waals surface area contributed by atoms with E-state index in [9.17, 15) is 4.57 Å². The molecule has 12 rings (SSSR count). The third-order valence-electron chi connectivity index (χ3n) is 12.6. The summed E-state index contributed by atoms with van der Waals surface area (Å²) in [7, 11) is -3.06. The van der Waals surface area contributed by atoms with Crippen LogP contribution in [0, 0.1) is 0 Å². The quantitative estimate of drug-likeness (QED) is 0.129. The number of hydrogen-bond donors (Lipinski definition) is 0. The fraction of sp³-hybridized carbons (Fsp3) is 0.0179. The van der Waals surface area contributed by atoms with Crippen LogP contribution in [0.5, 0.6) is 11.5 Å². The van der Waals surface area contributed by atoms with E-state index in [1.165, 1.54) is 27.6 Å². The summed E-state index contributed by atoms with van der Waals surface area (Å²) in [6, 6.07) is 75.8. The first kappa shape index (κ1) is 34.7. The van der Waals surface area contributed by atoms with Gasteiger partial charge in [0.05, 0.1) is 16.6 Å². The summed E-state index contributed by atoms with van der Waals surface area (Å²) >= 11 is 0. The van der Waals surface area contributed by atoms with Crippen molar-refractivity contribution < 1.29 is 9.30 Å². The molecule has 0 fully saturated rings. The Morgan fingerprint density at radius 1 is 0.400 bits per heavy atom. The lowest BCUT2D eigenvalue weighted by molar-refractivity contribution is 0.436. The Morgan fingerprint density at radius 3 is 1.55 bits per heavy atom. The molecule has 0 unspecified atom stereocenters. The first-order valence-electron chi connectivity index (χ1n) is 20.4. The van der Waals surface area contributed by atoms with Gasteiger partial charge in [0.25, 0.3) is 0 Å². The van der Waals surface area contributed by atoms with E-state index in [-0.39, 0.29) is 0 Å². The van der Waals surface area contributed by atoms with Gasteiger partial charge in [0, 0.05) is 48.8 Å². The largest absolute Gasteiger partial charge is 0.457 e. The van der Waals surface area contributed by atoms with Crippen molar-refractivity contribution in [3.63, 3.8) is 0 Å². The fourth-order valence-electron chi connectivity index (χ4n) is 10.0. The van der Waals surface area contributed by atoms with Crippen LogP contribution < -0.4 is 20.7 Å². The second-order valence-electron chi connectivity index (χ2n) is 15.7. The van der Waals surface area contributed by atoms with Crippen molar-refractivity contribution in [2.45, 2.75) is 5.41 Å². The van der Waals surface area contributed by atoms with Gasteiger partial charge in [-0.3, -0.25) is 0 Å². The monoisotopic (exact) mass is 785 g/mol. The SMILES string of the molecule is O=P(c1ccccc1)(c1ccccc1)c1ccc(-c2ccc(-c3nc4ccccc4c4c5c(ccc34)C3(c4ccccc4Oc4ccccc43)c3ccccc3-5)cc2)cc1. The van der Waals surface area contributed by atoms with Crippen molar-refractivity contribution in [2.75, 3.05) is 0 Å². The molecular formula is C56H36NO2P. The number of aromatic nitrogens is 1. The lowest BCUT2D eigenvalue weighted by Gasteiger charge is -2.39. The van der Waals surface area contributed by atoms with Crippen LogP contribution in [0.15, 0.2) is 218 Å². The lowest BCUT2D eigenvalue weighted by atomic mass is 9.66. The number of benzene rings is 9. The van der Waals surface area contributed by atoms with Gasteiger partial charge in [0.2, 0.25) is 0 Å². The van der Waals surface area contributed by atoms with E-state index in [2.05, 4.69) is 146 Å². The van der Waals surface area contributed by atoms with Crippen LogP contribution in [0.2, 0.25) is 0 Å². The molecular weight excluding hydrogens is 750 g/mol. The summed E-state index contributed by atoms with van der Waals surface area (Å²) in [6.07, 6.45) is 0. The Balaban J connectivity index is 1.01. The van der Waals surface area contributed by atoms with Crippen LogP contribution in [0.4, 0.5) is 0 Å². The van der Waals surface area contributed by atoms with E-state index in [0.29, 0.717) is 0 Å². The number of para-hydroxylation sites is 3. The summed E-state index contributed by atoms with van der Waals surface area (Å²) in [4.78, 5) is 5.38. The van der Waals surface area contributed by atoms with Crippen molar-refractivity contribution in [2.24, 2.45) is 0 Å². The highest BCUT2D eigenvalue weighted by atomic mass is 31.2. The van der Waals surface area contributed by atoms with Crippen molar-refractivity contribution in [1.29, 1.82) is 0 Å². The van der Waals surface area contributed by atoms with Crippen LogP contribution in [0.1, 0.15) is 22.3 Å². The van der Waals surface area contributed by atoms with Gasteiger partial charge in [-0.2, -0.15) is 0 Å². The minimum atomic E-state index is -3.06.